The van der Waals surface area contributed by atoms with Crippen LogP contribution in [0, 0.1) is 0 Å². The third-order valence-electron chi connectivity index (χ3n) is 2.35. The van der Waals surface area contributed by atoms with Gasteiger partial charge < -0.3 is 9.84 Å². The lowest BCUT2D eigenvalue weighted by atomic mass is 10.2. The van der Waals surface area contributed by atoms with Crippen molar-refractivity contribution in [1.82, 2.24) is 9.97 Å². The molecule has 0 atom stereocenters. The van der Waals surface area contributed by atoms with E-state index in [1.54, 1.807) is 36.7 Å². The van der Waals surface area contributed by atoms with E-state index in [1.165, 1.54) is 6.08 Å². The Hall–Kier alpha value is -2.40. The zero-order valence-corrected chi connectivity index (χ0v) is 11.1. The van der Waals surface area contributed by atoms with Crippen molar-refractivity contribution < 1.29 is 14.6 Å². The molecule has 2 rings (SSSR count). The first-order valence-electron chi connectivity index (χ1n) is 5.74. The van der Waals surface area contributed by atoms with Gasteiger partial charge in [-0.3, -0.25) is 0 Å². The van der Waals surface area contributed by atoms with Crippen molar-refractivity contribution in [3.63, 3.8) is 0 Å². The van der Waals surface area contributed by atoms with Gasteiger partial charge in [-0.05, 0) is 29.8 Å². The van der Waals surface area contributed by atoms with Gasteiger partial charge in [0.1, 0.15) is 12.4 Å². The summed E-state index contributed by atoms with van der Waals surface area (Å²) in [6, 6.07) is 6.74. The Labute approximate surface area is 120 Å². The predicted octanol–water partition coefficient (Wildman–Crippen LogP) is 2.81. The van der Waals surface area contributed by atoms with Crippen LogP contribution in [0.25, 0.3) is 6.08 Å². The topological polar surface area (TPSA) is 72.3 Å². The molecule has 102 valence electrons. The van der Waals surface area contributed by atoms with Crippen LogP contribution in [0.4, 0.5) is 0 Å². The van der Waals surface area contributed by atoms with Gasteiger partial charge in [0.2, 0.25) is 0 Å². The number of halogens is 1. The molecule has 0 fully saturated rings. The Morgan fingerprint density at radius 2 is 2.10 bits per heavy atom. The zero-order valence-electron chi connectivity index (χ0n) is 10.4. The van der Waals surface area contributed by atoms with Crippen molar-refractivity contribution in [2.24, 2.45) is 0 Å². The number of nitrogens with zero attached hydrogens (tertiary/aromatic N) is 2. The molecule has 0 spiro atoms. The van der Waals surface area contributed by atoms with Gasteiger partial charge in [0, 0.05) is 18.5 Å². The lowest BCUT2D eigenvalue weighted by Crippen LogP contribution is -2.00. The maximum atomic E-state index is 10.4. The Balaban J connectivity index is 2.04. The van der Waals surface area contributed by atoms with Gasteiger partial charge in [-0.1, -0.05) is 17.7 Å². The summed E-state index contributed by atoms with van der Waals surface area (Å²) in [4.78, 5) is 18.5. The number of aliphatic carboxylic acids is 1. The molecule has 0 aliphatic heterocycles. The van der Waals surface area contributed by atoms with Crippen molar-refractivity contribution in [3.05, 3.63) is 59.1 Å². The number of hydrogen-bond acceptors (Lipinski definition) is 4. The van der Waals surface area contributed by atoms with E-state index >= 15 is 0 Å². The molecule has 0 bridgehead atoms. The Kier molecular flexibility index (Phi) is 4.68. The van der Waals surface area contributed by atoms with Crippen LogP contribution < -0.4 is 4.74 Å². The lowest BCUT2D eigenvalue weighted by molar-refractivity contribution is -0.131. The lowest BCUT2D eigenvalue weighted by Gasteiger charge is -2.07. The molecule has 1 N–H and O–H groups in total. The first-order valence-corrected chi connectivity index (χ1v) is 6.12. The molecule has 0 aliphatic carbocycles. The van der Waals surface area contributed by atoms with E-state index in [1.807, 2.05) is 0 Å². The molecular formula is C14H11ClN2O3. The number of carboxylic acids is 1. The summed E-state index contributed by atoms with van der Waals surface area (Å²) < 4.78 is 5.51. The van der Waals surface area contributed by atoms with Gasteiger partial charge in [-0.15, -0.1) is 0 Å². The summed E-state index contributed by atoms with van der Waals surface area (Å²) in [5.41, 5.74) is 0.681. The summed E-state index contributed by atoms with van der Waals surface area (Å²) in [6.07, 6.45) is 5.77. The molecule has 1 aromatic carbocycles. The van der Waals surface area contributed by atoms with Crippen molar-refractivity contribution in [2.45, 2.75) is 6.61 Å². The SMILES string of the molecule is O=C(O)C=Cc1ccc(OCc2ncccn2)c(Cl)c1. The van der Waals surface area contributed by atoms with Crippen LogP contribution in [-0.4, -0.2) is 21.0 Å². The molecule has 0 saturated carbocycles. The van der Waals surface area contributed by atoms with Crippen molar-refractivity contribution >= 4 is 23.6 Å². The average molecular weight is 291 g/mol. The van der Waals surface area contributed by atoms with Crippen LogP contribution in [0.2, 0.25) is 5.02 Å². The highest BCUT2D eigenvalue weighted by atomic mass is 35.5. The summed E-state index contributed by atoms with van der Waals surface area (Å²) in [6.45, 7) is 0.213. The quantitative estimate of drug-likeness (QED) is 0.857. The van der Waals surface area contributed by atoms with Crippen molar-refractivity contribution in [3.8, 4) is 5.75 Å². The first kappa shape index (κ1) is 14.0. The van der Waals surface area contributed by atoms with E-state index in [4.69, 9.17) is 21.4 Å². The molecule has 5 nitrogen and oxygen atoms in total. The standard InChI is InChI=1S/C14H11ClN2O3/c15-11-8-10(3-5-14(18)19)2-4-12(11)20-9-13-16-6-1-7-17-13/h1-8H,9H2,(H,18,19). The molecule has 20 heavy (non-hydrogen) atoms. The number of hydrogen-bond donors (Lipinski definition) is 1. The fourth-order valence-corrected chi connectivity index (χ4v) is 1.70. The number of ether oxygens (including phenoxy) is 1. The van der Waals surface area contributed by atoms with Gasteiger partial charge in [0.15, 0.2) is 5.82 Å². The smallest absolute Gasteiger partial charge is 0.328 e. The molecule has 0 amide bonds. The maximum Gasteiger partial charge on any atom is 0.328 e. The summed E-state index contributed by atoms with van der Waals surface area (Å²) >= 11 is 6.06. The van der Waals surface area contributed by atoms with E-state index in [9.17, 15) is 4.79 Å². The zero-order chi connectivity index (χ0) is 14.4. The molecule has 2 aromatic rings. The third-order valence-corrected chi connectivity index (χ3v) is 2.65. The highest BCUT2D eigenvalue weighted by molar-refractivity contribution is 6.32. The van der Waals surface area contributed by atoms with Crippen LogP contribution in [0.5, 0.6) is 5.75 Å². The van der Waals surface area contributed by atoms with E-state index in [-0.39, 0.29) is 6.61 Å². The van der Waals surface area contributed by atoms with Gasteiger partial charge in [-0.25, -0.2) is 14.8 Å². The second kappa shape index (κ2) is 6.68. The van der Waals surface area contributed by atoms with E-state index in [0.29, 0.717) is 22.2 Å². The fraction of sp³-hybridized carbons (Fsp3) is 0.0714. The van der Waals surface area contributed by atoms with E-state index < -0.39 is 5.97 Å². The number of aromatic nitrogens is 2. The number of benzene rings is 1. The van der Waals surface area contributed by atoms with Crippen LogP contribution >= 0.6 is 11.6 Å². The molecule has 0 unspecified atom stereocenters. The van der Waals surface area contributed by atoms with Gasteiger partial charge in [0.25, 0.3) is 0 Å². The Morgan fingerprint density at radius 1 is 1.35 bits per heavy atom. The minimum Gasteiger partial charge on any atom is -0.484 e. The monoisotopic (exact) mass is 290 g/mol. The molecular weight excluding hydrogens is 280 g/mol. The Morgan fingerprint density at radius 3 is 2.75 bits per heavy atom. The van der Waals surface area contributed by atoms with Gasteiger partial charge in [0.05, 0.1) is 5.02 Å². The number of carboxylic acid groups (broad SMARTS) is 1. The van der Waals surface area contributed by atoms with Crippen LogP contribution in [0.15, 0.2) is 42.7 Å². The number of carbonyl (C=O) groups is 1. The molecule has 1 heterocycles. The summed E-state index contributed by atoms with van der Waals surface area (Å²) in [5, 5.41) is 8.95. The summed E-state index contributed by atoms with van der Waals surface area (Å²) in [5.74, 6) is 0.0349. The van der Waals surface area contributed by atoms with Crippen molar-refractivity contribution in [2.75, 3.05) is 0 Å². The highest BCUT2D eigenvalue weighted by Gasteiger charge is 2.04. The minimum absolute atomic E-state index is 0.213. The number of rotatable bonds is 5. The normalized spacial score (nSPS) is 10.7. The van der Waals surface area contributed by atoms with Crippen molar-refractivity contribution in [1.29, 1.82) is 0 Å². The molecule has 6 heteroatoms. The second-order valence-corrected chi connectivity index (χ2v) is 4.22. The Bertz CT molecular complexity index is 630. The molecule has 0 aliphatic rings. The third kappa shape index (κ3) is 4.07. The van der Waals surface area contributed by atoms with Gasteiger partial charge in [-0.2, -0.15) is 0 Å². The molecule has 0 saturated heterocycles. The first-order chi connectivity index (χ1) is 9.65. The minimum atomic E-state index is -1.01. The van der Waals surface area contributed by atoms with Crippen LogP contribution in [0.3, 0.4) is 0 Å². The molecule has 0 radical (unpaired) electrons. The van der Waals surface area contributed by atoms with E-state index in [0.717, 1.165) is 6.08 Å². The molecule has 1 aromatic heterocycles. The summed E-state index contributed by atoms with van der Waals surface area (Å²) in [7, 11) is 0. The highest BCUT2D eigenvalue weighted by Crippen LogP contribution is 2.26. The average Bonchev–Trinajstić information content (AvgIpc) is 2.45. The maximum absolute atomic E-state index is 10.4. The predicted molar refractivity (Wildman–Crippen MR) is 74.5 cm³/mol. The van der Waals surface area contributed by atoms with Crippen LogP contribution in [0.1, 0.15) is 11.4 Å². The largest absolute Gasteiger partial charge is 0.484 e. The van der Waals surface area contributed by atoms with E-state index in [2.05, 4.69) is 9.97 Å². The second-order valence-electron chi connectivity index (χ2n) is 3.82. The van der Waals surface area contributed by atoms with Crippen LogP contribution in [-0.2, 0) is 11.4 Å². The fourth-order valence-electron chi connectivity index (χ4n) is 1.45. The van der Waals surface area contributed by atoms with Gasteiger partial charge >= 0.3 is 5.97 Å².